The molecule has 32 heavy (non-hydrogen) atoms. The van der Waals surface area contributed by atoms with Crippen molar-refractivity contribution in [1.29, 1.82) is 0 Å². The zero-order valence-corrected chi connectivity index (χ0v) is 21.4. The number of piperidine rings is 1. The van der Waals surface area contributed by atoms with Gasteiger partial charge < -0.3 is 19.9 Å². The van der Waals surface area contributed by atoms with Crippen LogP contribution in [-0.2, 0) is 6.42 Å². The molecule has 2 amide bonds. The first-order valence-corrected chi connectivity index (χ1v) is 13.5. The van der Waals surface area contributed by atoms with E-state index in [0.717, 1.165) is 50.7 Å². The Morgan fingerprint density at radius 3 is 2.59 bits per heavy atom. The second-order valence-electron chi connectivity index (χ2n) is 10.3. The Bertz CT molecular complexity index is 757. The molecule has 1 saturated carbocycles. The van der Waals surface area contributed by atoms with E-state index >= 15 is 0 Å². The fourth-order valence-corrected chi connectivity index (χ4v) is 6.02. The molecule has 1 aromatic carbocycles. The quantitative estimate of drug-likeness (QED) is 0.499. The lowest BCUT2D eigenvalue weighted by atomic mass is 9.90. The molecule has 4 rings (SSSR count). The summed E-state index contributed by atoms with van der Waals surface area (Å²) in [6.45, 7) is 8.47. The Morgan fingerprint density at radius 1 is 1.12 bits per heavy atom. The van der Waals surface area contributed by atoms with Crippen LogP contribution in [0.1, 0.15) is 70.8 Å². The Balaban J connectivity index is 1.19. The number of rotatable bonds is 8. The van der Waals surface area contributed by atoms with E-state index in [1.54, 1.807) is 0 Å². The van der Waals surface area contributed by atoms with Gasteiger partial charge in [-0.25, -0.2) is 4.79 Å². The van der Waals surface area contributed by atoms with E-state index in [1.807, 2.05) is 6.07 Å². The number of ether oxygens (including phenoxy) is 1. The Morgan fingerprint density at radius 2 is 1.88 bits per heavy atom. The molecule has 3 aliphatic rings. The first kappa shape index (κ1) is 23.9. The monoisotopic (exact) mass is 505 g/mol. The van der Waals surface area contributed by atoms with Crippen LogP contribution in [0.3, 0.4) is 0 Å². The van der Waals surface area contributed by atoms with Crippen molar-refractivity contribution in [3.05, 3.63) is 28.2 Å². The fraction of sp³-hybridized carbons (Fsp3) is 0.731. The van der Waals surface area contributed by atoms with Gasteiger partial charge in [-0.2, -0.15) is 0 Å². The molecule has 2 saturated heterocycles. The normalized spacial score (nSPS) is 23.7. The Hall–Kier alpha value is -1.27. The van der Waals surface area contributed by atoms with Crippen molar-refractivity contribution in [3.8, 4) is 5.75 Å². The van der Waals surface area contributed by atoms with Gasteiger partial charge in [0.1, 0.15) is 5.75 Å². The van der Waals surface area contributed by atoms with Crippen LogP contribution in [-0.4, -0.2) is 60.2 Å². The van der Waals surface area contributed by atoms with E-state index in [4.69, 9.17) is 4.74 Å². The molecule has 0 radical (unpaired) electrons. The number of halogens is 1. The second kappa shape index (κ2) is 11.2. The number of benzene rings is 1. The van der Waals surface area contributed by atoms with Crippen LogP contribution in [0.2, 0.25) is 0 Å². The first-order valence-electron chi connectivity index (χ1n) is 12.7. The van der Waals surface area contributed by atoms with Crippen molar-refractivity contribution >= 4 is 22.0 Å². The van der Waals surface area contributed by atoms with Crippen LogP contribution in [0.15, 0.2) is 22.7 Å². The number of hydrogen-bond donors (Lipinski definition) is 1. The maximum Gasteiger partial charge on any atom is 0.317 e. The highest BCUT2D eigenvalue weighted by Crippen LogP contribution is 2.30. The molecule has 178 valence electrons. The Kier molecular flexibility index (Phi) is 8.38. The molecule has 1 N–H and O–H groups in total. The van der Waals surface area contributed by atoms with Gasteiger partial charge in [0.05, 0.1) is 6.10 Å². The van der Waals surface area contributed by atoms with Crippen LogP contribution in [0, 0.1) is 5.92 Å². The largest absolute Gasteiger partial charge is 0.491 e. The number of urea groups is 1. The SMILES string of the molecule is CC(C)Oc1ccc(Br)c(CC2CCN(CCC3CN(C4CCCCC4)C(=O)N3)CC2)c1. The number of nitrogens with one attached hydrogen (secondary N) is 1. The van der Waals surface area contributed by atoms with E-state index < -0.39 is 0 Å². The minimum atomic E-state index is 0.176. The van der Waals surface area contributed by atoms with E-state index in [0.29, 0.717) is 12.1 Å². The summed E-state index contributed by atoms with van der Waals surface area (Å²) in [5.74, 6) is 1.70. The average molecular weight is 507 g/mol. The minimum absolute atomic E-state index is 0.176. The molecule has 0 aromatic heterocycles. The average Bonchev–Trinajstić information content (AvgIpc) is 3.16. The highest BCUT2D eigenvalue weighted by atomic mass is 79.9. The van der Waals surface area contributed by atoms with Crippen molar-refractivity contribution in [1.82, 2.24) is 15.1 Å². The Labute approximate surface area is 202 Å². The summed E-state index contributed by atoms with van der Waals surface area (Å²) < 4.78 is 7.08. The minimum Gasteiger partial charge on any atom is -0.491 e. The third kappa shape index (κ3) is 6.40. The van der Waals surface area contributed by atoms with Crippen LogP contribution >= 0.6 is 15.9 Å². The number of carbonyl (C=O) groups is 1. The summed E-state index contributed by atoms with van der Waals surface area (Å²) in [6.07, 6.45) is 11.1. The van der Waals surface area contributed by atoms with E-state index in [-0.39, 0.29) is 12.1 Å². The van der Waals surface area contributed by atoms with Crippen LogP contribution in [0.4, 0.5) is 4.79 Å². The van der Waals surface area contributed by atoms with Crippen molar-refractivity contribution in [3.63, 3.8) is 0 Å². The molecule has 1 aliphatic carbocycles. The van der Waals surface area contributed by atoms with E-state index in [2.05, 4.69) is 57.0 Å². The topological polar surface area (TPSA) is 44.8 Å². The maximum atomic E-state index is 12.5. The third-order valence-electron chi connectivity index (χ3n) is 7.42. The number of hydrogen-bond acceptors (Lipinski definition) is 3. The number of likely N-dealkylation sites (tertiary alicyclic amines) is 1. The van der Waals surface area contributed by atoms with Gasteiger partial charge in [-0.15, -0.1) is 0 Å². The van der Waals surface area contributed by atoms with Gasteiger partial charge in [0.2, 0.25) is 0 Å². The predicted octanol–water partition coefficient (Wildman–Crippen LogP) is 5.61. The molecule has 1 aromatic rings. The fourth-order valence-electron chi connectivity index (χ4n) is 5.61. The van der Waals surface area contributed by atoms with Gasteiger partial charge in [0.15, 0.2) is 0 Å². The second-order valence-corrected chi connectivity index (χ2v) is 11.1. The zero-order chi connectivity index (χ0) is 22.5. The molecule has 3 fully saturated rings. The van der Waals surface area contributed by atoms with Crippen LogP contribution in [0.5, 0.6) is 5.75 Å². The summed E-state index contributed by atoms with van der Waals surface area (Å²) in [5.41, 5.74) is 1.36. The van der Waals surface area contributed by atoms with Gasteiger partial charge in [-0.3, -0.25) is 0 Å². The van der Waals surface area contributed by atoms with Crippen LogP contribution < -0.4 is 10.1 Å². The molecule has 2 heterocycles. The van der Waals surface area contributed by atoms with E-state index in [9.17, 15) is 4.79 Å². The van der Waals surface area contributed by atoms with Crippen molar-refractivity contribution < 1.29 is 9.53 Å². The summed E-state index contributed by atoms with van der Waals surface area (Å²) in [7, 11) is 0. The standard InChI is InChI=1S/C26H40BrN3O2/c1-19(2)32-24-8-9-25(27)21(17-24)16-20-10-13-29(14-11-20)15-12-22-18-30(26(31)28-22)23-6-4-3-5-7-23/h8-9,17,19-20,22-23H,3-7,10-16,18H2,1-2H3,(H,28,31). The molecule has 5 nitrogen and oxygen atoms in total. The molecule has 1 unspecified atom stereocenters. The molecule has 1 atom stereocenters. The maximum absolute atomic E-state index is 12.5. The van der Waals surface area contributed by atoms with Gasteiger partial charge in [0.25, 0.3) is 0 Å². The first-order chi connectivity index (χ1) is 15.5. The van der Waals surface area contributed by atoms with Gasteiger partial charge in [-0.05, 0) is 95.1 Å². The lowest BCUT2D eigenvalue weighted by Gasteiger charge is -2.33. The lowest BCUT2D eigenvalue weighted by molar-refractivity contribution is 0.171. The molecular formula is C26H40BrN3O2. The molecule has 0 spiro atoms. The summed E-state index contributed by atoms with van der Waals surface area (Å²) in [5, 5.41) is 3.25. The number of carbonyl (C=O) groups excluding carboxylic acids is 1. The van der Waals surface area contributed by atoms with Gasteiger partial charge >= 0.3 is 6.03 Å². The lowest BCUT2D eigenvalue weighted by Crippen LogP contribution is -2.39. The molecule has 2 aliphatic heterocycles. The zero-order valence-electron chi connectivity index (χ0n) is 19.8. The molecule has 0 bridgehead atoms. The summed E-state index contributed by atoms with van der Waals surface area (Å²) in [4.78, 5) is 17.2. The highest BCUT2D eigenvalue weighted by molar-refractivity contribution is 9.10. The van der Waals surface area contributed by atoms with Gasteiger partial charge in [-0.1, -0.05) is 35.2 Å². The smallest absolute Gasteiger partial charge is 0.317 e. The molecular weight excluding hydrogens is 466 g/mol. The number of amides is 2. The number of nitrogens with zero attached hydrogens (tertiary/aromatic N) is 2. The van der Waals surface area contributed by atoms with Gasteiger partial charge in [0, 0.05) is 29.6 Å². The van der Waals surface area contributed by atoms with E-state index in [1.165, 1.54) is 55.0 Å². The van der Waals surface area contributed by atoms with Crippen molar-refractivity contribution in [2.45, 2.75) is 89.8 Å². The third-order valence-corrected chi connectivity index (χ3v) is 8.19. The van der Waals surface area contributed by atoms with Crippen molar-refractivity contribution in [2.75, 3.05) is 26.2 Å². The summed E-state index contributed by atoms with van der Waals surface area (Å²) >= 11 is 3.73. The van der Waals surface area contributed by atoms with Crippen molar-refractivity contribution in [2.24, 2.45) is 5.92 Å². The molecule has 6 heteroatoms. The summed E-state index contributed by atoms with van der Waals surface area (Å²) in [6, 6.07) is 7.35. The highest BCUT2D eigenvalue weighted by Gasteiger charge is 2.34. The van der Waals surface area contributed by atoms with Crippen LogP contribution in [0.25, 0.3) is 0 Å². The predicted molar refractivity (Wildman–Crippen MR) is 133 cm³/mol.